The molecule has 8 aromatic carbocycles. The van der Waals surface area contributed by atoms with Gasteiger partial charge in [0, 0.05) is 68.8 Å². The first-order chi connectivity index (χ1) is 24.8. The Morgan fingerprint density at radius 1 is 0.300 bits per heavy atom. The molecule has 2 heterocycles. The van der Waals surface area contributed by atoms with Gasteiger partial charge in [0.25, 0.3) is 0 Å². The van der Waals surface area contributed by atoms with Crippen molar-refractivity contribution in [2.45, 2.75) is 0 Å². The van der Waals surface area contributed by atoms with Gasteiger partial charge in [-0.2, -0.15) is 0 Å². The molecule has 0 aliphatic rings. The summed E-state index contributed by atoms with van der Waals surface area (Å²) >= 11 is 3.73. The molecule has 2 nitrogen and oxygen atoms in total. The SMILES string of the molecule is c1ccc(N(c2ccc3c(c2)sc2cc4ccccc4cc23)c2cc(N(c3ccccc3)c3ccccc3)c3c(c2)sc2ccccc23)cc1. The fraction of sp³-hybridized carbons (Fsp3) is 0. The van der Waals surface area contributed by atoms with Gasteiger partial charge < -0.3 is 9.80 Å². The third-order valence-electron chi connectivity index (χ3n) is 9.57. The van der Waals surface area contributed by atoms with Crippen LogP contribution in [0, 0.1) is 0 Å². The van der Waals surface area contributed by atoms with E-state index < -0.39 is 0 Å². The van der Waals surface area contributed by atoms with Crippen molar-refractivity contribution in [3.8, 4) is 0 Å². The van der Waals surface area contributed by atoms with E-state index in [0.717, 1.165) is 34.1 Å². The molecule has 0 N–H and O–H groups in total. The van der Waals surface area contributed by atoms with E-state index in [4.69, 9.17) is 0 Å². The summed E-state index contributed by atoms with van der Waals surface area (Å²) in [6.45, 7) is 0. The summed E-state index contributed by atoms with van der Waals surface area (Å²) in [5.41, 5.74) is 6.78. The van der Waals surface area contributed by atoms with Crippen LogP contribution in [0.5, 0.6) is 0 Å². The van der Waals surface area contributed by atoms with Crippen molar-refractivity contribution in [3.05, 3.63) is 182 Å². The van der Waals surface area contributed by atoms with E-state index in [1.165, 1.54) is 51.1 Å². The van der Waals surface area contributed by atoms with E-state index in [1.54, 1.807) is 0 Å². The first kappa shape index (κ1) is 29.0. The van der Waals surface area contributed by atoms with Gasteiger partial charge >= 0.3 is 0 Å². The normalized spacial score (nSPS) is 11.6. The zero-order valence-electron chi connectivity index (χ0n) is 27.0. The standard InChI is InChI=1S/C46H30N2S2/c1-4-16-33(17-5-1)47(36-24-25-38-40-26-31-14-10-11-15-32(31)27-43(40)50-44(38)29-36)37-28-41(46-39-22-12-13-23-42(39)49-45(46)30-37)48(34-18-6-2-7-19-34)35-20-8-3-9-21-35/h1-30H. The maximum Gasteiger partial charge on any atom is 0.0575 e. The summed E-state index contributed by atoms with van der Waals surface area (Å²) < 4.78 is 5.14. The Morgan fingerprint density at radius 3 is 1.54 bits per heavy atom. The minimum absolute atomic E-state index is 1.12. The predicted molar refractivity (Wildman–Crippen MR) is 219 cm³/mol. The Labute approximate surface area is 298 Å². The molecular formula is C46H30N2S2. The number of benzene rings is 8. The average Bonchev–Trinajstić information content (AvgIpc) is 3.73. The Bertz CT molecular complexity index is 2780. The quantitative estimate of drug-likeness (QED) is 0.173. The Balaban J connectivity index is 1.24. The molecule has 2 aromatic heterocycles. The minimum Gasteiger partial charge on any atom is -0.310 e. The summed E-state index contributed by atoms with van der Waals surface area (Å²) in [6, 6.07) is 66.1. The van der Waals surface area contributed by atoms with Crippen LogP contribution in [0.4, 0.5) is 34.1 Å². The summed E-state index contributed by atoms with van der Waals surface area (Å²) in [6.07, 6.45) is 0. The number of anilines is 6. The van der Waals surface area contributed by atoms with Gasteiger partial charge in [-0.3, -0.25) is 0 Å². The van der Waals surface area contributed by atoms with Crippen molar-refractivity contribution < 1.29 is 0 Å². The fourth-order valence-electron chi connectivity index (χ4n) is 7.32. The molecule has 0 unspecified atom stereocenters. The smallest absolute Gasteiger partial charge is 0.0575 e. The number of hydrogen-bond acceptors (Lipinski definition) is 4. The van der Waals surface area contributed by atoms with Crippen LogP contribution >= 0.6 is 22.7 Å². The van der Waals surface area contributed by atoms with E-state index in [2.05, 4.69) is 192 Å². The van der Waals surface area contributed by atoms with Gasteiger partial charge in [0.2, 0.25) is 0 Å². The lowest BCUT2D eigenvalue weighted by Gasteiger charge is -2.30. The highest BCUT2D eigenvalue weighted by Gasteiger charge is 2.23. The number of nitrogens with zero attached hydrogens (tertiary/aromatic N) is 2. The number of thiophene rings is 2. The second kappa shape index (κ2) is 11.9. The van der Waals surface area contributed by atoms with Crippen LogP contribution in [0.2, 0.25) is 0 Å². The van der Waals surface area contributed by atoms with Crippen molar-refractivity contribution in [3.63, 3.8) is 0 Å². The first-order valence-electron chi connectivity index (χ1n) is 16.8. The summed E-state index contributed by atoms with van der Waals surface area (Å²) in [7, 11) is 0. The molecule has 10 rings (SSSR count). The highest BCUT2D eigenvalue weighted by atomic mass is 32.1. The second-order valence-electron chi connectivity index (χ2n) is 12.6. The lowest BCUT2D eigenvalue weighted by atomic mass is 10.0. The number of rotatable bonds is 6. The Kier molecular flexibility index (Phi) is 6.90. The van der Waals surface area contributed by atoms with Crippen molar-refractivity contribution >= 4 is 108 Å². The largest absolute Gasteiger partial charge is 0.310 e. The monoisotopic (exact) mass is 674 g/mol. The molecule has 10 aromatic rings. The Hall–Kier alpha value is -5.94. The summed E-state index contributed by atoms with van der Waals surface area (Å²) in [5, 5.41) is 7.71. The van der Waals surface area contributed by atoms with Crippen LogP contribution in [0.1, 0.15) is 0 Å². The molecule has 0 radical (unpaired) electrons. The maximum atomic E-state index is 2.42. The van der Waals surface area contributed by atoms with E-state index in [0.29, 0.717) is 0 Å². The van der Waals surface area contributed by atoms with E-state index in [1.807, 2.05) is 22.7 Å². The predicted octanol–water partition coefficient (Wildman–Crippen LogP) is 14.5. The van der Waals surface area contributed by atoms with Crippen LogP contribution in [-0.2, 0) is 0 Å². The molecule has 0 aliphatic heterocycles. The van der Waals surface area contributed by atoms with Crippen LogP contribution in [-0.4, -0.2) is 0 Å². The lowest BCUT2D eigenvalue weighted by molar-refractivity contribution is 1.27. The topological polar surface area (TPSA) is 6.48 Å². The van der Waals surface area contributed by atoms with Gasteiger partial charge in [-0.15, -0.1) is 22.7 Å². The molecule has 0 bridgehead atoms. The molecule has 0 saturated carbocycles. The molecule has 236 valence electrons. The van der Waals surface area contributed by atoms with Gasteiger partial charge in [0.15, 0.2) is 0 Å². The van der Waals surface area contributed by atoms with E-state index >= 15 is 0 Å². The van der Waals surface area contributed by atoms with Gasteiger partial charge in [-0.25, -0.2) is 0 Å². The van der Waals surface area contributed by atoms with Crippen LogP contribution in [0.15, 0.2) is 182 Å². The first-order valence-corrected chi connectivity index (χ1v) is 18.5. The van der Waals surface area contributed by atoms with Crippen LogP contribution < -0.4 is 9.80 Å². The van der Waals surface area contributed by atoms with Crippen molar-refractivity contribution in [2.75, 3.05) is 9.80 Å². The van der Waals surface area contributed by atoms with Gasteiger partial charge in [-0.05, 0) is 89.6 Å². The summed E-state index contributed by atoms with van der Waals surface area (Å²) in [4.78, 5) is 4.83. The number of para-hydroxylation sites is 3. The highest BCUT2D eigenvalue weighted by Crippen LogP contribution is 2.49. The maximum absolute atomic E-state index is 2.42. The van der Waals surface area contributed by atoms with Gasteiger partial charge in [0.05, 0.1) is 5.69 Å². The number of hydrogen-bond donors (Lipinski definition) is 0. The van der Waals surface area contributed by atoms with Crippen molar-refractivity contribution in [1.82, 2.24) is 0 Å². The average molecular weight is 675 g/mol. The van der Waals surface area contributed by atoms with Crippen LogP contribution in [0.25, 0.3) is 51.1 Å². The zero-order valence-corrected chi connectivity index (χ0v) is 28.7. The minimum atomic E-state index is 1.12. The van der Waals surface area contributed by atoms with Crippen LogP contribution in [0.3, 0.4) is 0 Å². The van der Waals surface area contributed by atoms with Gasteiger partial charge in [-0.1, -0.05) is 103 Å². The third kappa shape index (κ3) is 4.84. The molecule has 50 heavy (non-hydrogen) atoms. The molecular weight excluding hydrogens is 645 g/mol. The summed E-state index contributed by atoms with van der Waals surface area (Å²) in [5.74, 6) is 0. The third-order valence-corrected chi connectivity index (χ3v) is 11.8. The highest BCUT2D eigenvalue weighted by molar-refractivity contribution is 7.26. The molecule has 0 amide bonds. The zero-order chi connectivity index (χ0) is 33.0. The van der Waals surface area contributed by atoms with Crippen molar-refractivity contribution in [1.29, 1.82) is 0 Å². The van der Waals surface area contributed by atoms with E-state index in [-0.39, 0.29) is 0 Å². The van der Waals surface area contributed by atoms with E-state index in [9.17, 15) is 0 Å². The lowest BCUT2D eigenvalue weighted by Crippen LogP contribution is -2.13. The molecule has 0 atom stereocenters. The molecule has 0 spiro atoms. The fourth-order valence-corrected chi connectivity index (χ4v) is 9.65. The molecule has 0 aliphatic carbocycles. The molecule has 0 fully saturated rings. The van der Waals surface area contributed by atoms with Gasteiger partial charge in [0.1, 0.15) is 0 Å². The Morgan fingerprint density at radius 2 is 0.840 bits per heavy atom. The number of fused-ring (bicyclic) bond motifs is 7. The molecule has 0 saturated heterocycles. The second-order valence-corrected chi connectivity index (χ2v) is 14.8. The van der Waals surface area contributed by atoms with Crippen molar-refractivity contribution in [2.24, 2.45) is 0 Å². The molecule has 4 heteroatoms.